The third-order valence-corrected chi connectivity index (χ3v) is 5.76. The van der Waals surface area contributed by atoms with Crippen molar-refractivity contribution in [2.45, 2.75) is 29.9 Å². The Hall–Kier alpha value is -1.88. The van der Waals surface area contributed by atoms with Gasteiger partial charge in [-0.1, -0.05) is 0 Å². The van der Waals surface area contributed by atoms with Crippen LogP contribution in [0.3, 0.4) is 0 Å². The summed E-state index contributed by atoms with van der Waals surface area (Å²) < 4.78 is 39.2. The van der Waals surface area contributed by atoms with Crippen molar-refractivity contribution in [3.8, 4) is 11.5 Å². The molecule has 2 aliphatic rings. The number of carbonyl (C=O) groups excluding carboxylic acids is 1. The lowest BCUT2D eigenvalue weighted by Gasteiger charge is -2.24. The number of hydrogen-bond donors (Lipinski definition) is 2. The van der Waals surface area contributed by atoms with Crippen LogP contribution in [-0.2, 0) is 14.8 Å². The molecule has 1 aromatic rings. The molecule has 2 atom stereocenters. The van der Waals surface area contributed by atoms with Crippen molar-refractivity contribution in [1.82, 2.24) is 10.2 Å². The van der Waals surface area contributed by atoms with Crippen LogP contribution in [0.4, 0.5) is 0 Å². The molecule has 2 fully saturated rings. The van der Waals surface area contributed by atoms with Crippen LogP contribution < -0.4 is 19.9 Å². The highest BCUT2D eigenvalue weighted by atomic mass is 32.2. The Bertz CT molecular complexity index is 809. The highest BCUT2D eigenvalue weighted by Gasteiger charge is 2.32. The molecule has 150 valence electrons. The van der Waals surface area contributed by atoms with Gasteiger partial charge in [0.2, 0.25) is 10.0 Å². The number of primary sulfonamides is 1. The summed E-state index contributed by atoms with van der Waals surface area (Å²) >= 11 is 0. The molecule has 0 saturated carbocycles. The quantitative estimate of drug-likeness (QED) is 0.587. The fourth-order valence-corrected chi connectivity index (χ4v) is 3.93. The summed E-state index contributed by atoms with van der Waals surface area (Å²) in [5, 5.41) is 8.09. The van der Waals surface area contributed by atoms with Crippen molar-refractivity contribution in [1.29, 1.82) is 0 Å². The Morgan fingerprint density at radius 3 is 2.70 bits per heavy atom. The first-order valence-corrected chi connectivity index (χ1v) is 10.3. The van der Waals surface area contributed by atoms with Crippen molar-refractivity contribution in [2.75, 3.05) is 40.5 Å². The number of nitrogens with zero attached hydrogens (tertiary/aromatic N) is 1. The number of methoxy groups -OCH3 is 2. The SMILES string of the molecule is COc1cc(S(N)(=O)=O)cc(C(=O)NCC2CCCN2CC2CO2)c1OC. The van der Waals surface area contributed by atoms with E-state index in [2.05, 4.69) is 10.2 Å². The third-order valence-electron chi connectivity index (χ3n) is 4.86. The number of sulfonamides is 1. The summed E-state index contributed by atoms with van der Waals surface area (Å²) in [4.78, 5) is 14.9. The molecule has 2 aliphatic heterocycles. The predicted molar refractivity (Wildman–Crippen MR) is 97.6 cm³/mol. The second-order valence-electron chi connectivity index (χ2n) is 6.71. The molecular weight excluding hydrogens is 374 g/mol. The summed E-state index contributed by atoms with van der Waals surface area (Å²) in [5.41, 5.74) is 0.0657. The van der Waals surface area contributed by atoms with E-state index in [0.29, 0.717) is 12.6 Å². The number of epoxide rings is 1. The first-order valence-electron chi connectivity index (χ1n) is 8.76. The molecule has 1 amide bonds. The van der Waals surface area contributed by atoms with Crippen molar-refractivity contribution >= 4 is 15.9 Å². The molecule has 0 aromatic heterocycles. The number of carbonyl (C=O) groups is 1. The molecule has 2 heterocycles. The average Bonchev–Trinajstić information content (AvgIpc) is 3.34. The normalized spacial score (nSPS) is 22.5. The smallest absolute Gasteiger partial charge is 0.255 e. The lowest BCUT2D eigenvalue weighted by molar-refractivity contribution is 0.0936. The van der Waals surface area contributed by atoms with Crippen LogP contribution in [0.15, 0.2) is 17.0 Å². The van der Waals surface area contributed by atoms with Crippen LogP contribution in [0.25, 0.3) is 0 Å². The number of benzene rings is 1. The van der Waals surface area contributed by atoms with Crippen LogP contribution in [-0.4, -0.2) is 71.8 Å². The van der Waals surface area contributed by atoms with Gasteiger partial charge < -0.3 is 19.5 Å². The van der Waals surface area contributed by atoms with E-state index < -0.39 is 15.9 Å². The first-order chi connectivity index (χ1) is 12.8. The third kappa shape index (κ3) is 4.70. The molecule has 2 unspecified atom stereocenters. The van der Waals surface area contributed by atoms with Gasteiger partial charge in [0.15, 0.2) is 11.5 Å². The van der Waals surface area contributed by atoms with E-state index in [-0.39, 0.29) is 28.0 Å². The number of nitrogens with two attached hydrogens (primary N) is 1. The summed E-state index contributed by atoms with van der Waals surface area (Å²) in [5.74, 6) is -0.148. The van der Waals surface area contributed by atoms with Crippen LogP contribution in [0.5, 0.6) is 11.5 Å². The van der Waals surface area contributed by atoms with Gasteiger partial charge in [0, 0.05) is 25.2 Å². The number of amides is 1. The topological polar surface area (TPSA) is 123 Å². The van der Waals surface area contributed by atoms with Gasteiger partial charge in [-0.15, -0.1) is 0 Å². The van der Waals surface area contributed by atoms with Gasteiger partial charge in [-0.3, -0.25) is 9.69 Å². The van der Waals surface area contributed by atoms with Crippen LogP contribution >= 0.6 is 0 Å². The summed E-state index contributed by atoms with van der Waals surface area (Å²) in [6, 6.07) is 2.67. The second-order valence-corrected chi connectivity index (χ2v) is 8.27. The number of ether oxygens (including phenoxy) is 3. The Balaban J connectivity index is 1.76. The molecule has 9 nitrogen and oxygen atoms in total. The van der Waals surface area contributed by atoms with E-state index in [4.69, 9.17) is 19.3 Å². The Kier molecular flexibility index (Phi) is 5.89. The lowest BCUT2D eigenvalue weighted by Crippen LogP contribution is -2.41. The van der Waals surface area contributed by atoms with E-state index in [1.807, 2.05) is 0 Å². The fourth-order valence-electron chi connectivity index (χ4n) is 3.38. The highest BCUT2D eigenvalue weighted by molar-refractivity contribution is 7.89. The largest absolute Gasteiger partial charge is 0.493 e. The summed E-state index contributed by atoms with van der Waals surface area (Å²) in [6.45, 7) is 3.11. The summed E-state index contributed by atoms with van der Waals surface area (Å²) in [7, 11) is -1.25. The molecule has 27 heavy (non-hydrogen) atoms. The number of nitrogens with one attached hydrogen (secondary N) is 1. The zero-order chi connectivity index (χ0) is 19.6. The van der Waals surface area contributed by atoms with Crippen LogP contribution in [0.1, 0.15) is 23.2 Å². The molecular formula is C17H25N3O6S. The van der Waals surface area contributed by atoms with Crippen LogP contribution in [0.2, 0.25) is 0 Å². The average molecular weight is 399 g/mol. The van der Waals surface area contributed by atoms with E-state index >= 15 is 0 Å². The van der Waals surface area contributed by atoms with Gasteiger partial charge in [0.1, 0.15) is 0 Å². The van der Waals surface area contributed by atoms with Gasteiger partial charge in [0.25, 0.3) is 5.91 Å². The van der Waals surface area contributed by atoms with Crippen LogP contribution in [0, 0.1) is 0 Å². The maximum absolute atomic E-state index is 12.7. The van der Waals surface area contributed by atoms with Crippen molar-refractivity contribution < 1.29 is 27.4 Å². The fraction of sp³-hybridized carbons (Fsp3) is 0.588. The minimum Gasteiger partial charge on any atom is -0.493 e. The highest BCUT2D eigenvalue weighted by Crippen LogP contribution is 2.34. The van der Waals surface area contributed by atoms with Gasteiger partial charge in [-0.2, -0.15) is 0 Å². The van der Waals surface area contributed by atoms with Gasteiger partial charge in [-0.05, 0) is 25.5 Å². The molecule has 0 radical (unpaired) electrons. The number of hydrogen-bond acceptors (Lipinski definition) is 7. The van der Waals surface area contributed by atoms with Crippen molar-refractivity contribution in [3.63, 3.8) is 0 Å². The van der Waals surface area contributed by atoms with Gasteiger partial charge in [0.05, 0.1) is 37.4 Å². The molecule has 3 N–H and O–H groups in total. The number of rotatable bonds is 8. The Labute approximate surface area is 158 Å². The zero-order valence-electron chi connectivity index (χ0n) is 15.4. The first kappa shape index (κ1) is 19.9. The van der Waals surface area contributed by atoms with E-state index in [9.17, 15) is 13.2 Å². The zero-order valence-corrected chi connectivity index (χ0v) is 16.3. The minimum absolute atomic E-state index is 0.0657. The van der Waals surface area contributed by atoms with Crippen molar-refractivity contribution in [2.24, 2.45) is 5.14 Å². The van der Waals surface area contributed by atoms with E-state index in [0.717, 1.165) is 32.5 Å². The predicted octanol–water partition coefficient (Wildman–Crippen LogP) is -0.0558. The van der Waals surface area contributed by atoms with Gasteiger partial charge >= 0.3 is 0 Å². The monoisotopic (exact) mass is 399 g/mol. The van der Waals surface area contributed by atoms with E-state index in [1.165, 1.54) is 26.4 Å². The molecule has 0 aliphatic carbocycles. The lowest BCUT2D eigenvalue weighted by atomic mass is 10.1. The maximum Gasteiger partial charge on any atom is 0.255 e. The summed E-state index contributed by atoms with van der Waals surface area (Å²) in [6.07, 6.45) is 2.37. The van der Waals surface area contributed by atoms with E-state index in [1.54, 1.807) is 0 Å². The number of likely N-dealkylation sites (tertiary alicyclic amines) is 1. The molecule has 2 saturated heterocycles. The Morgan fingerprint density at radius 2 is 2.11 bits per heavy atom. The standard InChI is InChI=1S/C17H25N3O6S/c1-24-15-7-13(27(18,22)23)6-14(16(15)25-2)17(21)19-8-11-4-3-5-20(11)9-12-10-26-12/h6-7,11-12H,3-5,8-10H2,1-2H3,(H,19,21)(H2,18,22,23). The Morgan fingerprint density at radius 1 is 1.37 bits per heavy atom. The molecule has 0 bridgehead atoms. The van der Waals surface area contributed by atoms with Gasteiger partial charge in [-0.25, -0.2) is 13.6 Å². The molecule has 3 rings (SSSR count). The molecule has 1 aromatic carbocycles. The molecule has 0 spiro atoms. The molecule has 10 heteroatoms. The minimum atomic E-state index is -4.00. The maximum atomic E-state index is 12.7. The van der Waals surface area contributed by atoms with Crippen molar-refractivity contribution in [3.05, 3.63) is 17.7 Å². The second kappa shape index (κ2) is 8.01.